The number of aryl methyl sites for hydroxylation is 1. The lowest BCUT2D eigenvalue weighted by atomic mass is 9.86. The molecule has 0 radical (unpaired) electrons. The van der Waals surface area contributed by atoms with Crippen molar-refractivity contribution in [1.82, 2.24) is 10.2 Å². The predicted octanol–water partition coefficient (Wildman–Crippen LogP) is 1.51. The third-order valence-corrected chi connectivity index (χ3v) is 4.18. The van der Waals surface area contributed by atoms with Gasteiger partial charge in [0.25, 0.3) is 5.91 Å². The maximum atomic E-state index is 12.8. The van der Waals surface area contributed by atoms with Crippen molar-refractivity contribution in [3.05, 3.63) is 29.3 Å². The summed E-state index contributed by atoms with van der Waals surface area (Å²) in [6.07, 6.45) is 1.09. The Labute approximate surface area is 130 Å². The van der Waals surface area contributed by atoms with Crippen molar-refractivity contribution in [2.45, 2.75) is 32.2 Å². The number of carbonyl (C=O) groups is 2. The molecule has 3 amide bonds. The summed E-state index contributed by atoms with van der Waals surface area (Å²) in [6, 6.07) is 5.20. The van der Waals surface area contributed by atoms with E-state index in [9.17, 15) is 9.59 Å². The highest BCUT2D eigenvalue weighted by molar-refractivity contribution is 6.07. The molecule has 0 aliphatic carbocycles. The van der Waals surface area contributed by atoms with Crippen molar-refractivity contribution >= 4 is 11.9 Å². The molecule has 0 saturated carbocycles. The normalized spacial score (nSPS) is 21.2. The first kappa shape index (κ1) is 16.3. The SMILES string of the molecule is CCC1(c2ccc(OC)c(C)c2)NC(=O)N(CCCN)C1=O. The van der Waals surface area contributed by atoms with Gasteiger partial charge in [0.15, 0.2) is 0 Å². The topological polar surface area (TPSA) is 84.7 Å². The van der Waals surface area contributed by atoms with Gasteiger partial charge in [-0.05, 0) is 49.6 Å². The summed E-state index contributed by atoms with van der Waals surface area (Å²) in [7, 11) is 1.61. The van der Waals surface area contributed by atoms with E-state index in [2.05, 4.69) is 5.32 Å². The number of nitrogens with one attached hydrogen (secondary N) is 1. The van der Waals surface area contributed by atoms with E-state index >= 15 is 0 Å². The molecule has 2 rings (SSSR count). The van der Waals surface area contributed by atoms with E-state index in [-0.39, 0.29) is 11.9 Å². The molecule has 1 unspecified atom stereocenters. The van der Waals surface area contributed by atoms with E-state index in [0.29, 0.717) is 25.9 Å². The monoisotopic (exact) mass is 305 g/mol. The maximum Gasteiger partial charge on any atom is 0.325 e. The predicted molar refractivity (Wildman–Crippen MR) is 83.6 cm³/mol. The number of methoxy groups -OCH3 is 1. The smallest absolute Gasteiger partial charge is 0.325 e. The number of hydrogen-bond acceptors (Lipinski definition) is 4. The van der Waals surface area contributed by atoms with Crippen molar-refractivity contribution < 1.29 is 14.3 Å². The van der Waals surface area contributed by atoms with Crippen LogP contribution in [0.15, 0.2) is 18.2 Å². The first-order valence-corrected chi connectivity index (χ1v) is 7.49. The highest BCUT2D eigenvalue weighted by Gasteiger charge is 2.50. The van der Waals surface area contributed by atoms with Gasteiger partial charge in [-0.1, -0.05) is 13.0 Å². The molecule has 1 aliphatic heterocycles. The first-order chi connectivity index (χ1) is 10.5. The third-order valence-electron chi connectivity index (χ3n) is 4.18. The lowest BCUT2D eigenvalue weighted by Crippen LogP contribution is -2.43. The van der Waals surface area contributed by atoms with Crippen LogP contribution in [0.5, 0.6) is 5.75 Å². The number of urea groups is 1. The van der Waals surface area contributed by atoms with Gasteiger partial charge in [-0.3, -0.25) is 9.69 Å². The molecule has 1 heterocycles. The molecule has 6 heteroatoms. The Kier molecular flexibility index (Phi) is 4.71. The Bertz CT molecular complexity index is 588. The van der Waals surface area contributed by atoms with E-state index in [1.165, 1.54) is 4.90 Å². The average molecular weight is 305 g/mol. The summed E-state index contributed by atoms with van der Waals surface area (Å²) in [5.41, 5.74) is 6.19. The second-order valence-corrected chi connectivity index (χ2v) is 5.47. The number of nitrogens with two attached hydrogens (primary N) is 1. The maximum absolute atomic E-state index is 12.8. The summed E-state index contributed by atoms with van der Waals surface area (Å²) in [5.74, 6) is 0.546. The van der Waals surface area contributed by atoms with Gasteiger partial charge >= 0.3 is 6.03 Å². The lowest BCUT2D eigenvalue weighted by Gasteiger charge is -2.26. The molecule has 1 aliphatic rings. The van der Waals surface area contributed by atoms with E-state index in [4.69, 9.17) is 10.5 Å². The van der Waals surface area contributed by atoms with E-state index in [0.717, 1.165) is 16.9 Å². The number of ether oxygens (including phenoxy) is 1. The Balaban J connectivity index is 2.39. The van der Waals surface area contributed by atoms with Gasteiger partial charge in [0.05, 0.1) is 7.11 Å². The standard InChI is InChI=1S/C16H23N3O3/c1-4-16(12-6-7-13(22-3)11(2)10-12)14(20)19(9-5-8-17)15(21)18-16/h6-7,10H,4-5,8-9,17H2,1-3H3,(H,18,21). The zero-order valence-corrected chi connectivity index (χ0v) is 13.3. The third kappa shape index (κ3) is 2.54. The number of imide groups is 1. The Morgan fingerprint density at radius 3 is 2.64 bits per heavy atom. The van der Waals surface area contributed by atoms with Crippen LogP contribution in [0.1, 0.15) is 30.9 Å². The number of rotatable bonds is 6. The summed E-state index contributed by atoms with van der Waals surface area (Å²) in [6.45, 7) is 4.60. The van der Waals surface area contributed by atoms with Crippen LogP contribution in [0, 0.1) is 6.92 Å². The highest BCUT2D eigenvalue weighted by atomic mass is 16.5. The summed E-state index contributed by atoms with van der Waals surface area (Å²) in [5, 5.41) is 2.86. The van der Waals surface area contributed by atoms with Crippen LogP contribution >= 0.6 is 0 Å². The van der Waals surface area contributed by atoms with E-state index in [1.54, 1.807) is 7.11 Å². The molecule has 3 N–H and O–H groups in total. The molecule has 1 fully saturated rings. The molecule has 1 saturated heterocycles. The van der Waals surface area contributed by atoms with Crippen molar-refractivity contribution in [3.63, 3.8) is 0 Å². The number of carbonyl (C=O) groups excluding carboxylic acids is 2. The number of nitrogens with zero attached hydrogens (tertiary/aromatic N) is 1. The largest absolute Gasteiger partial charge is 0.496 e. The number of amides is 3. The molecular weight excluding hydrogens is 282 g/mol. The van der Waals surface area contributed by atoms with Crippen molar-refractivity contribution in [3.8, 4) is 5.75 Å². The molecule has 6 nitrogen and oxygen atoms in total. The van der Waals surface area contributed by atoms with Crippen LogP contribution in [0.2, 0.25) is 0 Å². The summed E-state index contributed by atoms with van der Waals surface area (Å²) >= 11 is 0. The van der Waals surface area contributed by atoms with Crippen LogP contribution in [0.25, 0.3) is 0 Å². The molecule has 120 valence electrons. The van der Waals surface area contributed by atoms with Crippen LogP contribution < -0.4 is 15.8 Å². The zero-order valence-electron chi connectivity index (χ0n) is 13.3. The minimum Gasteiger partial charge on any atom is -0.496 e. The van der Waals surface area contributed by atoms with Crippen LogP contribution in [0.3, 0.4) is 0 Å². The molecule has 1 aromatic carbocycles. The lowest BCUT2D eigenvalue weighted by molar-refractivity contribution is -0.131. The Hall–Kier alpha value is -2.08. The Morgan fingerprint density at radius 2 is 2.09 bits per heavy atom. The number of hydrogen-bond donors (Lipinski definition) is 2. The second-order valence-electron chi connectivity index (χ2n) is 5.47. The van der Waals surface area contributed by atoms with Crippen LogP contribution in [-0.2, 0) is 10.3 Å². The molecule has 0 spiro atoms. The van der Waals surface area contributed by atoms with Gasteiger partial charge in [-0.15, -0.1) is 0 Å². The fourth-order valence-electron chi connectivity index (χ4n) is 2.86. The van der Waals surface area contributed by atoms with Gasteiger partial charge in [0.2, 0.25) is 0 Å². The quantitative estimate of drug-likeness (QED) is 0.780. The van der Waals surface area contributed by atoms with Gasteiger partial charge in [0, 0.05) is 6.54 Å². The fraction of sp³-hybridized carbons (Fsp3) is 0.500. The van der Waals surface area contributed by atoms with Gasteiger partial charge in [-0.25, -0.2) is 4.79 Å². The van der Waals surface area contributed by atoms with Crippen LogP contribution in [-0.4, -0.2) is 37.0 Å². The van der Waals surface area contributed by atoms with Gasteiger partial charge < -0.3 is 15.8 Å². The zero-order chi connectivity index (χ0) is 16.3. The first-order valence-electron chi connectivity index (χ1n) is 7.49. The Morgan fingerprint density at radius 1 is 1.36 bits per heavy atom. The van der Waals surface area contributed by atoms with E-state index < -0.39 is 5.54 Å². The average Bonchev–Trinajstić information content (AvgIpc) is 2.76. The van der Waals surface area contributed by atoms with Crippen molar-refractivity contribution in [2.75, 3.05) is 20.2 Å². The number of benzene rings is 1. The van der Waals surface area contributed by atoms with Gasteiger partial charge in [-0.2, -0.15) is 0 Å². The van der Waals surface area contributed by atoms with Crippen LogP contribution in [0.4, 0.5) is 4.79 Å². The molecule has 0 bridgehead atoms. The van der Waals surface area contributed by atoms with Crippen molar-refractivity contribution in [2.24, 2.45) is 5.73 Å². The molecule has 1 aromatic rings. The van der Waals surface area contributed by atoms with Crippen molar-refractivity contribution in [1.29, 1.82) is 0 Å². The molecule has 1 atom stereocenters. The summed E-state index contributed by atoms with van der Waals surface area (Å²) in [4.78, 5) is 26.2. The molecular formula is C16H23N3O3. The fourth-order valence-corrected chi connectivity index (χ4v) is 2.86. The summed E-state index contributed by atoms with van der Waals surface area (Å²) < 4.78 is 5.25. The molecule has 22 heavy (non-hydrogen) atoms. The van der Waals surface area contributed by atoms with E-state index in [1.807, 2.05) is 32.0 Å². The van der Waals surface area contributed by atoms with Gasteiger partial charge in [0.1, 0.15) is 11.3 Å². The molecule has 0 aromatic heterocycles. The minimum atomic E-state index is -0.997. The second kappa shape index (κ2) is 6.36. The highest BCUT2D eigenvalue weighted by Crippen LogP contribution is 2.34. The minimum absolute atomic E-state index is 0.210.